The third-order valence-corrected chi connectivity index (χ3v) is 1.76. The summed E-state index contributed by atoms with van der Waals surface area (Å²) >= 11 is 5.72. The van der Waals surface area contributed by atoms with Crippen molar-refractivity contribution >= 4 is 23.3 Å². The van der Waals surface area contributed by atoms with E-state index in [1.54, 1.807) is 18.2 Å². The molecule has 0 saturated carbocycles. The van der Waals surface area contributed by atoms with Gasteiger partial charge in [0.2, 0.25) is 0 Å². The number of oxime groups is 1. The summed E-state index contributed by atoms with van der Waals surface area (Å²) in [6.07, 6.45) is 5.04. The highest BCUT2D eigenvalue weighted by Crippen LogP contribution is 2.19. The van der Waals surface area contributed by atoms with Crippen LogP contribution in [0.2, 0.25) is 0 Å². The van der Waals surface area contributed by atoms with Crippen molar-refractivity contribution in [3.8, 4) is 0 Å². The van der Waals surface area contributed by atoms with E-state index in [1.807, 2.05) is 0 Å². The molecule has 0 spiro atoms. The molecule has 0 radical (unpaired) electrons. The van der Waals surface area contributed by atoms with Gasteiger partial charge in [0.05, 0.1) is 11.0 Å². The first-order valence-corrected chi connectivity index (χ1v) is 3.55. The number of rotatable bonds is 0. The summed E-state index contributed by atoms with van der Waals surface area (Å²) in [5, 5.41) is 3.30. The Morgan fingerprint density at radius 3 is 3.27 bits per heavy atom. The van der Waals surface area contributed by atoms with Crippen molar-refractivity contribution in [2.75, 3.05) is 0 Å². The highest BCUT2D eigenvalue weighted by molar-refractivity contribution is 6.31. The van der Waals surface area contributed by atoms with Crippen LogP contribution in [0.3, 0.4) is 0 Å². The molecule has 0 fully saturated rings. The van der Waals surface area contributed by atoms with Crippen LogP contribution in [0.4, 0.5) is 0 Å². The second kappa shape index (κ2) is 2.20. The van der Waals surface area contributed by atoms with Gasteiger partial charge >= 0.3 is 5.97 Å². The van der Waals surface area contributed by atoms with Crippen LogP contribution in [0.25, 0.3) is 0 Å². The Balaban J connectivity index is 2.42. The lowest BCUT2D eigenvalue weighted by Crippen LogP contribution is -2.09. The quantitative estimate of drug-likeness (QED) is 0.401. The van der Waals surface area contributed by atoms with Crippen LogP contribution in [0.1, 0.15) is 0 Å². The SMILES string of the molecule is O=C1ON=C2C=CC(Cl)C=C12. The first-order valence-electron chi connectivity index (χ1n) is 3.11. The number of hydrogen-bond acceptors (Lipinski definition) is 3. The van der Waals surface area contributed by atoms with Gasteiger partial charge in [-0.25, -0.2) is 4.79 Å². The first-order chi connectivity index (χ1) is 5.27. The molecule has 0 saturated heterocycles. The highest BCUT2D eigenvalue weighted by Gasteiger charge is 2.26. The first kappa shape index (κ1) is 6.61. The molecule has 0 N–H and O–H groups in total. The van der Waals surface area contributed by atoms with E-state index in [0.29, 0.717) is 11.3 Å². The smallest absolute Gasteiger partial charge is 0.312 e. The van der Waals surface area contributed by atoms with Gasteiger partial charge in [-0.2, -0.15) is 0 Å². The Labute approximate surface area is 68.0 Å². The lowest BCUT2D eigenvalue weighted by molar-refractivity contribution is -0.136. The number of nitrogens with zero attached hydrogens (tertiary/aromatic N) is 1. The van der Waals surface area contributed by atoms with E-state index < -0.39 is 5.97 Å². The summed E-state index contributed by atoms with van der Waals surface area (Å²) in [6, 6.07) is 0. The van der Waals surface area contributed by atoms with Crippen molar-refractivity contribution in [1.82, 2.24) is 0 Å². The fourth-order valence-electron chi connectivity index (χ4n) is 0.965. The molecule has 0 amide bonds. The van der Waals surface area contributed by atoms with Crippen LogP contribution in [-0.2, 0) is 9.63 Å². The van der Waals surface area contributed by atoms with Gasteiger partial charge < -0.3 is 4.84 Å². The second-order valence-corrected chi connectivity index (χ2v) is 2.74. The van der Waals surface area contributed by atoms with Gasteiger partial charge in [-0.3, -0.25) is 0 Å². The fraction of sp³-hybridized carbons (Fsp3) is 0.143. The van der Waals surface area contributed by atoms with E-state index in [1.165, 1.54) is 0 Å². The average molecular weight is 170 g/mol. The minimum absolute atomic E-state index is 0.227. The molecular formula is C7H4ClNO2. The molecule has 11 heavy (non-hydrogen) atoms. The molecule has 1 atom stereocenters. The zero-order chi connectivity index (χ0) is 7.84. The summed E-state index contributed by atoms with van der Waals surface area (Å²) in [5.41, 5.74) is 1.03. The van der Waals surface area contributed by atoms with Crippen molar-refractivity contribution in [1.29, 1.82) is 0 Å². The van der Waals surface area contributed by atoms with Crippen LogP contribution in [0.5, 0.6) is 0 Å². The predicted molar refractivity (Wildman–Crippen MR) is 40.4 cm³/mol. The standard InChI is InChI=1S/C7H4ClNO2/c8-4-1-2-6-5(3-4)7(10)11-9-6/h1-4H. The van der Waals surface area contributed by atoms with E-state index >= 15 is 0 Å². The maximum absolute atomic E-state index is 10.9. The molecule has 2 rings (SSSR count). The molecular weight excluding hydrogens is 166 g/mol. The van der Waals surface area contributed by atoms with Gasteiger partial charge in [-0.15, -0.1) is 11.6 Å². The monoisotopic (exact) mass is 169 g/mol. The number of carbonyl (C=O) groups excluding carboxylic acids is 1. The number of halogens is 1. The van der Waals surface area contributed by atoms with Crippen molar-refractivity contribution in [2.24, 2.45) is 5.16 Å². The molecule has 0 bridgehead atoms. The number of alkyl halides is 1. The summed E-state index contributed by atoms with van der Waals surface area (Å²) in [4.78, 5) is 15.3. The third-order valence-electron chi connectivity index (χ3n) is 1.49. The summed E-state index contributed by atoms with van der Waals surface area (Å²) in [6.45, 7) is 0. The molecule has 2 aliphatic rings. The topological polar surface area (TPSA) is 38.7 Å². The largest absolute Gasteiger partial charge is 0.367 e. The molecule has 3 nitrogen and oxygen atoms in total. The second-order valence-electron chi connectivity index (χ2n) is 2.24. The minimum atomic E-state index is -0.421. The van der Waals surface area contributed by atoms with Gasteiger partial charge in [0.15, 0.2) is 0 Å². The lowest BCUT2D eigenvalue weighted by atomic mass is 10.0. The van der Waals surface area contributed by atoms with E-state index in [-0.39, 0.29) is 5.38 Å². The van der Waals surface area contributed by atoms with E-state index in [2.05, 4.69) is 9.99 Å². The van der Waals surface area contributed by atoms with Crippen LogP contribution in [0, 0.1) is 0 Å². The van der Waals surface area contributed by atoms with Crippen LogP contribution < -0.4 is 0 Å². The minimum Gasteiger partial charge on any atom is -0.312 e. The Bertz CT molecular complexity index is 304. The van der Waals surface area contributed by atoms with Gasteiger partial charge in [0, 0.05) is 0 Å². The Morgan fingerprint density at radius 1 is 1.64 bits per heavy atom. The molecule has 4 heteroatoms. The molecule has 1 heterocycles. The lowest BCUT2D eigenvalue weighted by Gasteiger charge is -2.02. The molecule has 0 aromatic carbocycles. The molecule has 0 aromatic heterocycles. The zero-order valence-electron chi connectivity index (χ0n) is 5.45. The molecule has 1 aliphatic heterocycles. The molecule has 1 unspecified atom stereocenters. The molecule has 56 valence electrons. The van der Waals surface area contributed by atoms with Crippen molar-refractivity contribution in [2.45, 2.75) is 5.38 Å². The number of hydrogen-bond donors (Lipinski definition) is 0. The number of allylic oxidation sites excluding steroid dienone is 3. The maximum Gasteiger partial charge on any atom is 0.367 e. The van der Waals surface area contributed by atoms with Gasteiger partial charge in [-0.05, 0) is 12.2 Å². The van der Waals surface area contributed by atoms with Crippen LogP contribution >= 0.6 is 11.6 Å². The summed E-state index contributed by atoms with van der Waals surface area (Å²) < 4.78 is 0. The van der Waals surface area contributed by atoms with Gasteiger partial charge in [-0.1, -0.05) is 11.2 Å². The van der Waals surface area contributed by atoms with Crippen LogP contribution in [0.15, 0.2) is 29.0 Å². The summed E-state index contributed by atoms with van der Waals surface area (Å²) in [7, 11) is 0. The fourth-order valence-corrected chi connectivity index (χ4v) is 1.16. The molecule has 1 aliphatic carbocycles. The van der Waals surface area contributed by atoms with Crippen molar-refractivity contribution in [3.63, 3.8) is 0 Å². The Hall–Kier alpha value is -1.09. The number of carbonyl (C=O) groups is 1. The normalized spacial score (nSPS) is 27.4. The maximum atomic E-state index is 10.9. The Kier molecular flexibility index (Phi) is 1.32. The number of fused-ring (bicyclic) bond motifs is 1. The zero-order valence-corrected chi connectivity index (χ0v) is 6.21. The van der Waals surface area contributed by atoms with Crippen LogP contribution in [-0.4, -0.2) is 17.1 Å². The summed E-state index contributed by atoms with van der Waals surface area (Å²) in [5.74, 6) is -0.421. The average Bonchev–Trinajstić information content (AvgIpc) is 2.33. The molecule has 0 aromatic rings. The third kappa shape index (κ3) is 0.973. The highest BCUT2D eigenvalue weighted by atomic mass is 35.5. The predicted octanol–water partition coefficient (Wildman–Crippen LogP) is 1.00. The van der Waals surface area contributed by atoms with E-state index in [9.17, 15) is 4.79 Å². The van der Waals surface area contributed by atoms with E-state index in [0.717, 1.165) is 0 Å². The van der Waals surface area contributed by atoms with Gasteiger partial charge in [0.25, 0.3) is 0 Å². The van der Waals surface area contributed by atoms with Crippen molar-refractivity contribution in [3.05, 3.63) is 23.8 Å². The van der Waals surface area contributed by atoms with Gasteiger partial charge in [0.1, 0.15) is 5.71 Å². The van der Waals surface area contributed by atoms with E-state index in [4.69, 9.17) is 11.6 Å². The Morgan fingerprint density at radius 2 is 2.45 bits per heavy atom. The van der Waals surface area contributed by atoms with Crippen molar-refractivity contribution < 1.29 is 9.63 Å².